The van der Waals surface area contributed by atoms with Crippen molar-refractivity contribution in [2.45, 2.75) is 52.5 Å². The Morgan fingerprint density at radius 1 is 1.20 bits per heavy atom. The standard InChI is InChI=1S/C16H25NO3/c1-8(11-7-9-4-5-10(11)6-9)17-14(18)12-13(15(19)20)16(12,2)3/h8-13H,4-7H2,1-3H3,(H,17,18)(H,19,20). The van der Waals surface area contributed by atoms with E-state index >= 15 is 0 Å². The summed E-state index contributed by atoms with van der Waals surface area (Å²) in [4.78, 5) is 23.5. The number of amides is 1. The van der Waals surface area contributed by atoms with Crippen molar-refractivity contribution in [1.29, 1.82) is 0 Å². The van der Waals surface area contributed by atoms with E-state index in [0.29, 0.717) is 5.92 Å². The molecule has 4 nitrogen and oxygen atoms in total. The average Bonchev–Trinajstić information content (AvgIpc) is 2.73. The highest BCUT2D eigenvalue weighted by molar-refractivity contribution is 5.91. The molecule has 0 radical (unpaired) electrons. The van der Waals surface area contributed by atoms with Gasteiger partial charge < -0.3 is 10.4 Å². The van der Waals surface area contributed by atoms with Crippen molar-refractivity contribution in [2.24, 2.45) is 35.0 Å². The summed E-state index contributed by atoms with van der Waals surface area (Å²) in [5.41, 5.74) is -0.398. The minimum atomic E-state index is -0.845. The van der Waals surface area contributed by atoms with Crippen LogP contribution in [-0.4, -0.2) is 23.0 Å². The Morgan fingerprint density at radius 2 is 1.90 bits per heavy atom. The van der Waals surface area contributed by atoms with E-state index in [0.717, 1.165) is 11.8 Å². The smallest absolute Gasteiger partial charge is 0.307 e. The van der Waals surface area contributed by atoms with Crippen LogP contribution in [0.15, 0.2) is 0 Å². The molecule has 3 fully saturated rings. The fourth-order valence-corrected chi connectivity index (χ4v) is 4.92. The van der Waals surface area contributed by atoms with Gasteiger partial charge in [-0.3, -0.25) is 9.59 Å². The zero-order chi connectivity index (χ0) is 14.7. The van der Waals surface area contributed by atoms with Crippen molar-refractivity contribution in [2.75, 3.05) is 0 Å². The molecular formula is C16H25NO3. The van der Waals surface area contributed by atoms with E-state index in [2.05, 4.69) is 12.2 Å². The maximum absolute atomic E-state index is 12.3. The Bertz CT molecular complexity index is 445. The topological polar surface area (TPSA) is 66.4 Å². The molecule has 6 unspecified atom stereocenters. The third-order valence-electron chi connectivity index (χ3n) is 6.18. The zero-order valence-electron chi connectivity index (χ0n) is 12.6. The van der Waals surface area contributed by atoms with Gasteiger partial charge in [0.15, 0.2) is 0 Å². The van der Waals surface area contributed by atoms with E-state index in [9.17, 15) is 9.59 Å². The molecule has 0 aromatic heterocycles. The van der Waals surface area contributed by atoms with Gasteiger partial charge in [0.05, 0.1) is 11.8 Å². The minimum Gasteiger partial charge on any atom is -0.481 e. The molecule has 6 atom stereocenters. The van der Waals surface area contributed by atoms with Crippen LogP contribution in [-0.2, 0) is 9.59 Å². The molecule has 1 amide bonds. The molecule has 0 aromatic carbocycles. The van der Waals surface area contributed by atoms with Gasteiger partial charge in [-0.25, -0.2) is 0 Å². The van der Waals surface area contributed by atoms with E-state index in [1.54, 1.807) is 0 Å². The number of hydrogen-bond donors (Lipinski definition) is 2. The lowest BCUT2D eigenvalue weighted by atomic mass is 9.84. The molecule has 3 saturated carbocycles. The van der Waals surface area contributed by atoms with Gasteiger partial charge in [-0.2, -0.15) is 0 Å². The number of fused-ring (bicyclic) bond motifs is 2. The van der Waals surface area contributed by atoms with Crippen LogP contribution in [0.2, 0.25) is 0 Å². The van der Waals surface area contributed by atoms with Crippen LogP contribution in [0, 0.1) is 35.0 Å². The van der Waals surface area contributed by atoms with Crippen LogP contribution in [0.5, 0.6) is 0 Å². The minimum absolute atomic E-state index is 0.0577. The Kier molecular flexibility index (Phi) is 3.11. The van der Waals surface area contributed by atoms with E-state index in [4.69, 9.17) is 5.11 Å². The van der Waals surface area contributed by atoms with Gasteiger partial charge in [-0.15, -0.1) is 0 Å². The summed E-state index contributed by atoms with van der Waals surface area (Å²) in [7, 11) is 0. The van der Waals surface area contributed by atoms with E-state index in [1.165, 1.54) is 25.7 Å². The molecular weight excluding hydrogens is 254 g/mol. The molecule has 3 aliphatic rings. The Labute approximate surface area is 120 Å². The summed E-state index contributed by atoms with van der Waals surface area (Å²) in [6, 6.07) is 0.184. The van der Waals surface area contributed by atoms with Gasteiger partial charge >= 0.3 is 5.97 Å². The highest BCUT2D eigenvalue weighted by Gasteiger charge is 2.66. The van der Waals surface area contributed by atoms with E-state index < -0.39 is 17.3 Å². The normalized spacial score (nSPS) is 42.2. The van der Waals surface area contributed by atoms with Crippen molar-refractivity contribution in [3.05, 3.63) is 0 Å². The van der Waals surface area contributed by atoms with Crippen molar-refractivity contribution in [3.63, 3.8) is 0 Å². The number of aliphatic carboxylic acids is 1. The van der Waals surface area contributed by atoms with Gasteiger partial charge in [0.25, 0.3) is 0 Å². The summed E-state index contributed by atoms with van der Waals surface area (Å²) in [5.74, 6) is 0.463. The maximum atomic E-state index is 12.3. The van der Waals surface area contributed by atoms with E-state index in [1.807, 2.05) is 13.8 Å². The number of carboxylic acid groups (broad SMARTS) is 1. The predicted molar refractivity (Wildman–Crippen MR) is 74.9 cm³/mol. The molecule has 4 heteroatoms. The SMILES string of the molecule is CC(NC(=O)C1C(C(=O)O)C1(C)C)C1CC2CCC1C2. The van der Waals surface area contributed by atoms with Crippen LogP contribution in [0.1, 0.15) is 46.5 Å². The number of carbonyl (C=O) groups excluding carboxylic acids is 1. The van der Waals surface area contributed by atoms with Gasteiger partial charge in [0.2, 0.25) is 5.91 Å². The molecule has 3 rings (SSSR count). The van der Waals surface area contributed by atoms with Crippen LogP contribution < -0.4 is 5.32 Å². The van der Waals surface area contributed by atoms with Crippen LogP contribution >= 0.6 is 0 Å². The van der Waals surface area contributed by atoms with Crippen molar-refractivity contribution in [3.8, 4) is 0 Å². The second-order valence-electron chi connectivity index (χ2n) is 7.75. The highest BCUT2D eigenvalue weighted by Crippen LogP contribution is 2.58. The fraction of sp³-hybridized carbons (Fsp3) is 0.875. The average molecular weight is 279 g/mol. The second kappa shape index (κ2) is 4.47. The van der Waals surface area contributed by atoms with Gasteiger partial charge in [-0.1, -0.05) is 20.3 Å². The molecule has 20 heavy (non-hydrogen) atoms. The summed E-state index contributed by atoms with van der Waals surface area (Å²) in [5, 5.41) is 12.3. The molecule has 112 valence electrons. The number of rotatable bonds is 4. The quantitative estimate of drug-likeness (QED) is 0.829. The molecule has 0 spiro atoms. The van der Waals surface area contributed by atoms with Crippen molar-refractivity contribution in [1.82, 2.24) is 5.32 Å². The lowest BCUT2D eigenvalue weighted by Crippen LogP contribution is -2.41. The predicted octanol–water partition coefficient (Wildman–Crippen LogP) is 2.28. The van der Waals surface area contributed by atoms with Crippen LogP contribution in [0.3, 0.4) is 0 Å². The molecule has 0 aliphatic heterocycles. The van der Waals surface area contributed by atoms with Gasteiger partial charge in [-0.05, 0) is 49.4 Å². The maximum Gasteiger partial charge on any atom is 0.307 e. The lowest BCUT2D eigenvalue weighted by molar-refractivity contribution is -0.140. The first-order chi connectivity index (χ1) is 9.32. The van der Waals surface area contributed by atoms with E-state index in [-0.39, 0.29) is 17.9 Å². The summed E-state index contributed by atoms with van der Waals surface area (Å²) in [6.07, 6.45) is 5.24. The largest absolute Gasteiger partial charge is 0.481 e. The lowest BCUT2D eigenvalue weighted by Gasteiger charge is -2.28. The first-order valence-electron chi connectivity index (χ1n) is 7.85. The molecule has 2 bridgehead atoms. The van der Waals surface area contributed by atoms with Crippen molar-refractivity contribution < 1.29 is 14.7 Å². The first kappa shape index (κ1) is 13.9. The number of nitrogens with one attached hydrogen (secondary N) is 1. The molecule has 0 heterocycles. The van der Waals surface area contributed by atoms with Crippen molar-refractivity contribution >= 4 is 11.9 Å². The second-order valence-corrected chi connectivity index (χ2v) is 7.75. The molecule has 2 N–H and O–H groups in total. The summed E-state index contributed by atoms with van der Waals surface area (Å²) in [6.45, 7) is 5.84. The first-order valence-corrected chi connectivity index (χ1v) is 7.85. The van der Waals surface area contributed by atoms with Crippen LogP contribution in [0.25, 0.3) is 0 Å². The Balaban J connectivity index is 1.58. The number of carboxylic acids is 1. The zero-order valence-corrected chi connectivity index (χ0v) is 12.6. The molecule has 0 aromatic rings. The van der Waals surface area contributed by atoms with Gasteiger partial charge in [0, 0.05) is 6.04 Å². The molecule has 3 aliphatic carbocycles. The van der Waals surface area contributed by atoms with Crippen LogP contribution in [0.4, 0.5) is 0 Å². The fourth-order valence-electron chi connectivity index (χ4n) is 4.92. The third kappa shape index (κ3) is 2.04. The molecule has 0 saturated heterocycles. The Morgan fingerprint density at radius 3 is 2.35 bits per heavy atom. The van der Waals surface area contributed by atoms with Gasteiger partial charge in [0.1, 0.15) is 0 Å². The monoisotopic (exact) mass is 279 g/mol. The Hall–Kier alpha value is -1.06. The summed E-state index contributed by atoms with van der Waals surface area (Å²) < 4.78 is 0. The highest BCUT2D eigenvalue weighted by atomic mass is 16.4. The number of hydrogen-bond acceptors (Lipinski definition) is 2. The third-order valence-corrected chi connectivity index (χ3v) is 6.18. The number of carbonyl (C=O) groups is 2. The summed E-state index contributed by atoms with van der Waals surface area (Å²) >= 11 is 0.